The van der Waals surface area contributed by atoms with Crippen molar-refractivity contribution in [2.24, 2.45) is 5.73 Å². The molecule has 8 heteroatoms. The zero-order valence-corrected chi connectivity index (χ0v) is 19.7. The highest BCUT2D eigenvalue weighted by atomic mass is 35.5. The molecule has 3 aromatic rings. The summed E-state index contributed by atoms with van der Waals surface area (Å²) >= 11 is 6.91. The third-order valence-electron chi connectivity index (χ3n) is 6.43. The van der Waals surface area contributed by atoms with E-state index in [0.717, 1.165) is 16.9 Å². The van der Waals surface area contributed by atoms with E-state index in [2.05, 4.69) is 16.2 Å². The number of hydrogen-bond donors (Lipinski definition) is 1. The summed E-state index contributed by atoms with van der Waals surface area (Å²) in [4.78, 5) is 19.4. The summed E-state index contributed by atoms with van der Waals surface area (Å²) < 4.78 is 1.65. The standard InChI is InChI=1S/C26H23ClN6O/c1-15-8-10-17(11-9-15)33-25(27)22(16(2)31-33)23-19(13-28)26(29)32(18-5-4-12-30-14-18)20-6-3-7-21(34)24(20)23/h4-5,8-12,14,23H,3,6-7,29H2,1-2H3. The summed E-state index contributed by atoms with van der Waals surface area (Å²) in [5.74, 6) is -0.390. The second-order valence-corrected chi connectivity index (χ2v) is 8.92. The fourth-order valence-corrected chi connectivity index (χ4v) is 5.23. The molecular formula is C26H23ClN6O. The first-order chi connectivity index (χ1) is 16.4. The molecule has 0 amide bonds. The smallest absolute Gasteiger partial charge is 0.161 e. The zero-order valence-electron chi connectivity index (χ0n) is 18.9. The van der Waals surface area contributed by atoms with E-state index in [9.17, 15) is 10.1 Å². The molecule has 2 N–H and O–H groups in total. The third kappa shape index (κ3) is 3.39. The molecule has 1 unspecified atom stereocenters. The molecular weight excluding hydrogens is 448 g/mol. The predicted molar refractivity (Wildman–Crippen MR) is 130 cm³/mol. The van der Waals surface area contributed by atoms with Gasteiger partial charge in [0.25, 0.3) is 0 Å². The molecule has 2 aromatic heterocycles. The highest BCUT2D eigenvalue weighted by Gasteiger charge is 2.42. The summed E-state index contributed by atoms with van der Waals surface area (Å²) in [6.45, 7) is 3.86. The van der Waals surface area contributed by atoms with Crippen molar-refractivity contribution < 1.29 is 4.79 Å². The van der Waals surface area contributed by atoms with Gasteiger partial charge in [-0.2, -0.15) is 10.4 Å². The van der Waals surface area contributed by atoms with Gasteiger partial charge < -0.3 is 5.73 Å². The van der Waals surface area contributed by atoms with E-state index in [-0.39, 0.29) is 17.2 Å². The van der Waals surface area contributed by atoms with Crippen molar-refractivity contribution in [1.29, 1.82) is 5.26 Å². The van der Waals surface area contributed by atoms with Gasteiger partial charge >= 0.3 is 0 Å². The number of ketones is 1. The van der Waals surface area contributed by atoms with Crippen molar-refractivity contribution in [2.75, 3.05) is 4.90 Å². The fraction of sp³-hybridized carbons (Fsp3) is 0.231. The number of carbonyl (C=O) groups is 1. The quantitative estimate of drug-likeness (QED) is 0.587. The van der Waals surface area contributed by atoms with E-state index in [1.807, 2.05) is 44.2 Å². The first-order valence-electron chi connectivity index (χ1n) is 11.1. The van der Waals surface area contributed by atoms with Gasteiger partial charge in [0.05, 0.1) is 40.8 Å². The lowest BCUT2D eigenvalue weighted by atomic mass is 9.75. The molecule has 3 heterocycles. The maximum absolute atomic E-state index is 13.4. The van der Waals surface area contributed by atoms with Crippen LogP contribution in [0.4, 0.5) is 5.69 Å². The highest BCUT2D eigenvalue weighted by molar-refractivity contribution is 6.31. The molecule has 0 saturated carbocycles. The summed E-state index contributed by atoms with van der Waals surface area (Å²) in [5.41, 5.74) is 12.2. The number of aryl methyl sites for hydroxylation is 2. The largest absolute Gasteiger partial charge is 0.384 e. The number of rotatable bonds is 3. The number of carbonyl (C=O) groups excluding carboxylic acids is 1. The number of nitrogens with two attached hydrogens (primary N) is 1. The van der Waals surface area contributed by atoms with Gasteiger partial charge in [-0.3, -0.25) is 14.7 Å². The second-order valence-electron chi connectivity index (χ2n) is 8.56. The average Bonchev–Trinajstić information content (AvgIpc) is 3.13. The Bertz CT molecular complexity index is 1400. The summed E-state index contributed by atoms with van der Waals surface area (Å²) in [6, 6.07) is 13.8. The molecule has 170 valence electrons. The number of hydrogen-bond acceptors (Lipinski definition) is 6. The van der Waals surface area contributed by atoms with Gasteiger partial charge in [-0.15, -0.1) is 0 Å². The average molecular weight is 471 g/mol. The van der Waals surface area contributed by atoms with Crippen molar-refractivity contribution in [1.82, 2.24) is 14.8 Å². The Morgan fingerprint density at radius 3 is 2.59 bits per heavy atom. The molecule has 7 nitrogen and oxygen atoms in total. The Morgan fingerprint density at radius 2 is 1.91 bits per heavy atom. The monoisotopic (exact) mass is 470 g/mol. The number of aromatic nitrogens is 3. The van der Waals surface area contributed by atoms with Crippen molar-refractivity contribution in [3.8, 4) is 11.8 Å². The minimum atomic E-state index is -0.674. The Hall–Kier alpha value is -3.89. The Morgan fingerprint density at radius 1 is 1.15 bits per heavy atom. The van der Waals surface area contributed by atoms with Crippen molar-refractivity contribution >= 4 is 23.1 Å². The van der Waals surface area contributed by atoms with Crippen molar-refractivity contribution in [3.05, 3.63) is 93.4 Å². The van der Waals surface area contributed by atoms with Gasteiger partial charge in [0, 0.05) is 29.5 Å². The van der Waals surface area contributed by atoms with Crippen LogP contribution in [0.3, 0.4) is 0 Å². The zero-order chi connectivity index (χ0) is 24.0. The molecule has 0 radical (unpaired) electrons. The number of halogens is 1. The number of Topliss-reactive ketones (excluding diaryl/α,β-unsaturated/α-hetero) is 1. The van der Waals surface area contributed by atoms with Crippen molar-refractivity contribution in [3.63, 3.8) is 0 Å². The normalized spacial score (nSPS) is 18.2. The number of allylic oxidation sites excluding steroid dienone is 3. The number of nitrogens with zero attached hydrogens (tertiary/aromatic N) is 5. The summed E-state index contributed by atoms with van der Waals surface area (Å²) in [7, 11) is 0. The molecule has 1 atom stereocenters. The van der Waals surface area contributed by atoms with Crippen LogP contribution in [0.15, 0.2) is 71.5 Å². The molecule has 0 saturated heterocycles. The van der Waals surface area contributed by atoms with E-state index in [1.165, 1.54) is 0 Å². The van der Waals surface area contributed by atoms with E-state index in [4.69, 9.17) is 17.3 Å². The molecule has 0 spiro atoms. The lowest BCUT2D eigenvalue weighted by molar-refractivity contribution is -0.116. The van der Waals surface area contributed by atoms with Crippen LogP contribution in [0.2, 0.25) is 5.15 Å². The van der Waals surface area contributed by atoms with Gasteiger partial charge in [0.2, 0.25) is 0 Å². The minimum absolute atomic E-state index is 0.000979. The van der Waals surface area contributed by atoms with Crippen LogP contribution < -0.4 is 10.6 Å². The molecule has 1 aliphatic heterocycles. The first kappa shape index (κ1) is 21.9. The maximum atomic E-state index is 13.4. The van der Waals surface area contributed by atoms with Crippen LogP contribution >= 0.6 is 11.6 Å². The van der Waals surface area contributed by atoms with E-state index < -0.39 is 5.92 Å². The van der Waals surface area contributed by atoms with Crippen LogP contribution in [0.25, 0.3) is 5.69 Å². The molecule has 34 heavy (non-hydrogen) atoms. The Labute approximate surface area is 202 Å². The number of pyridine rings is 1. The van der Waals surface area contributed by atoms with E-state index >= 15 is 0 Å². The molecule has 2 aliphatic rings. The van der Waals surface area contributed by atoms with Gasteiger partial charge in [-0.1, -0.05) is 29.3 Å². The van der Waals surface area contributed by atoms with Crippen molar-refractivity contribution in [2.45, 2.75) is 39.0 Å². The Kier molecular flexibility index (Phi) is 5.46. The van der Waals surface area contributed by atoms with Crippen LogP contribution in [-0.4, -0.2) is 20.5 Å². The summed E-state index contributed by atoms with van der Waals surface area (Å²) in [5, 5.41) is 15.3. The minimum Gasteiger partial charge on any atom is -0.384 e. The lowest BCUT2D eigenvalue weighted by Crippen LogP contribution is -2.38. The fourth-order valence-electron chi connectivity index (χ4n) is 4.85. The second kappa shape index (κ2) is 8.47. The number of anilines is 1. The van der Waals surface area contributed by atoms with Crippen LogP contribution in [0.5, 0.6) is 0 Å². The third-order valence-corrected chi connectivity index (χ3v) is 6.80. The van der Waals surface area contributed by atoms with Crippen LogP contribution in [0, 0.1) is 25.2 Å². The highest BCUT2D eigenvalue weighted by Crippen LogP contribution is 2.48. The maximum Gasteiger partial charge on any atom is 0.161 e. The first-order valence-corrected chi connectivity index (χ1v) is 11.5. The Balaban J connectivity index is 1.74. The van der Waals surface area contributed by atoms with Crippen LogP contribution in [0.1, 0.15) is 42.0 Å². The molecule has 5 rings (SSSR count). The van der Waals surface area contributed by atoms with Gasteiger partial charge in [0.1, 0.15) is 11.0 Å². The number of benzene rings is 1. The molecule has 0 bridgehead atoms. The summed E-state index contributed by atoms with van der Waals surface area (Å²) in [6.07, 6.45) is 5.14. The van der Waals surface area contributed by atoms with Crippen LogP contribution in [-0.2, 0) is 4.79 Å². The van der Waals surface area contributed by atoms with E-state index in [0.29, 0.717) is 46.9 Å². The number of nitriles is 1. The van der Waals surface area contributed by atoms with E-state index in [1.54, 1.807) is 28.0 Å². The molecule has 0 fully saturated rings. The predicted octanol–water partition coefficient (Wildman–Crippen LogP) is 4.84. The van der Waals surface area contributed by atoms with Gasteiger partial charge in [0.15, 0.2) is 5.78 Å². The van der Waals surface area contributed by atoms with Gasteiger partial charge in [-0.25, -0.2) is 4.68 Å². The topological polar surface area (TPSA) is 101 Å². The molecule has 1 aliphatic carbocycles. The molecule has 1 aromatic carbocycles. The lowest BCUT2D eigenvalue weighted by Gasteiger charge is -2.39. The SMILES string of the molecule is Cc1ccc(-n2nc(C)c(C3C(C#N)=C(N)N(c4cccnc4)C4=C3C(=O)CCC4)c2Cl)cc1. The van der Waals surface area contributed by atoms with Gasteiger partial charge in [-0.05, 0) is 51.0 Å².